The number of hydrogen-bond acceptors (Lipinski definition) is 6. The number of rotatable bonds is 6. The van der Waals surface area contributed by atoms with Gasteiger partial charge in [0.2, 0.25) is 5.91 Å². The summed E-state index contributed by atoms with van der Waals surface area (Å²) < 4.78 is 0. The van der Waals surface area contributed by atoms with Crippen molar-refractivity contribution < 1.29 is 14.7 Å². The largest absolute Gasteiger partial charge is 0.481 e. The molecule has 1 fully saturated rings. The lowest BCUT2D eigenvalue weighted by Gasteiger charge is -2.32. The first-order valence-corrected chi connectivity index (χ1v) is 9.08. The number of aliphatic carboxylic acids is 1. The third-order valence-corrected chi connectivity index (χ3v) is 5.31. The number of anilines is 1. The first kappa shape index (κ1) is 17.3. The number of carbonyl (C=O) groups is 2. The van der Waals surface area contributed by atoms with Gasteiger partial charge in [0, 0.05) is 36.3 Å². The van der Waals surface area contributed by atoms with Crippen LogP contribution in [-0.4, -0.2) is 40.0 Å². The lowest BCUT2D eigenvalue weighted by atomic mass is 9.95. The van der Waals surface area contributed by atoms with Crippen molar-refractivity contribution in [3.05, 3.63) is 41.0 Å². The molecule has 1 aliphatic heterocycles. The van der Waals surface area contributed by atoms with E-state index in [4.69, 9.17) is 5.11 Å². The maximum atomic E-state index is 12.6. The van der Waals surface area contributed by atoms with Gasteiger partial charge in [0.1, 0.15) is 5.82 Å². The van der Waals surface area contributed by atoms with Crippen LogP contribution < -0.4 is 10.2 Å². The Morgan fingerprint density at radius 2 is 2.16 bits per heavy atom. The SMILES string of the molecule is O=C(O)C[C@@H](NC(=O)C1CCN(c2cnccn2)CC1)c1cccs1. The Bertz CT molecular complexity index is 700. The number of nitrogens with zero attached hydrogens (tertiary/aromatic N) is 3. The van der Waals surface area contributed by atoms with Crippen LogP contribution in [0, 0.1) is 5.92 Å². The molecule has 8 heteroatoms. The fraction of sp³-hybridized carbons (Fsp3) is 0.412. The summed E-state index contributed by atoms with van der Waals surface area (Å²) in [6, 6.07) is 3.25. The molecule has 2 aromatic rings. The monoisotopic (exact) mass is 360 g/mol. The summed E-state index contributed by atoms with van der Waals surface area (Å²) in [6.45, 7) is 1.47. The van der Waals surface area contributed by atoms with Crippen LogP contribution in [0.25, 0.3) is 0 Å². The fourth-order valence-electron chi connectivity index (χ4n) is 3.00. The molecular weight excluding hydrogens is 340 g/mol. The summed E-state index contributed by atoms with van der Waals surface area (Å²) in [5, 5.41) is 13.9. The van der Waals surface area contributed by atoms with Crippen LogP contribution in [0.5, 0.6) is 0 Å². The van der Waals surface area contributed by atoms with Crippen LogP contribution in [0.2, 0.25) is 0 Å². The van der Waals surface area contributed by atoms with Crippen LogP contribution in [0.3, 0.4) is 0 Å². The fourth-order valence-corrected chi connectivity index (χ4v) is 3.78. The molecule has 2 aromatic heterocycles. The Labute approximate surface area is 149 Å². The molecule has 1 aliphatic rings. The summed E-state index contributed by atoms with van der Waals surface area (Å²) in [7, 11) is 0. The molecule has 3 heterocycles. The molecule has 7 nitrogen and oxygen atoms in total. The molecule has 0 bridgehead atoms. The van der Waals surface area contributed by atoms with Gasteiger partial charge < -0.3 is 15.3 Å². The average molecular weight is 360 g/mol. The number of carbonyl (C=O) groups excluding carboxylic acids is 1. The van der Waals surface area contributed by atoms with Gasteiger partial charge in [0.05, 0.1) is 18.7 Å². The lowest BCUT2D eigenvalue weighted by Crippen LogP contribution is -2.42. The van der Waals surface area contributed by atoms with E-state index in [1.54, 1.807) is 18.6 Å². The van der Waals surface area contributed by atoms with Gasteiger partial charge in [-0.05, 0) is 24.3 Å². The molecule has 1 amide bonds. The van der Waals surface area contributed by atoms with Crippen molar-refractivity contribution in [3.63, 3.8) is 0 Å². The van der Waals surface area contributed by atoms with Crippen LogP contribution in [0.15, 0.2) is 36.1 Å². The normalized spacial score (nSPS) is 16.4. The maximum absolute atomic E-state index is 12.6. The predicted molar refractivity (Wildman–Crippen MR) is 94.4 cm³/mol. The van der Waals surface area contributed by atoms with Crippen LogP contribution >= 0.6 is 11.3 Å². The summed E-state index contributed by atoms with van der Waals surface area (Å²) in [6.07, 6.45) is 6.34. The Kier molecular flexibility index (Phi) is 5.60. The number of hydrogen-bond donors (Lipinski definition) is 2. The highest BCUT2D eigenvalue weighted by atomic mass is 32.1. The molecule has 25 heavy (non-hydrogen) atoms. The molecule has 3 rings (SSSR count). The minimum absolute atomic E-state index is 0.0709. The van der Waals surface area contributed by atoms with Gasteiger partial charge in [0.25, 0.3) is 0 Å². The van der Waals surface area contributed by atoms with E-state index in [2.05, 4.69) is 20.2 Å². The van der Waals surface area contributed by atoms with E-state index in [1.165, 1.54) is 11.3 Å². The van der Waals surface area contributed by atoms with Crippen molar-refractivity contribution in [1.29, 1.82) is 0 Å². The van der Waals surface area contributed by atoms with E-state index in [0.29, 0.717) is 12.8 Å². The summed E-state index contributed by atoms with van der Waals surface area (Å²) in [5.41, 5.74) is 0. The second-order valence-electron chi connectivity index (χ2n) is 6.00. The van der Waals surface area contributed by atoms with E-state index in [-0.39, 0.29) is 18.2 Å². The van der Waals surface area contributed by atoms with Gasteiger partial charge in [-0.3, -0.25) is 14.6 Å². The van der Waals surface area contributed by atoms with E-state index < -0.39 is 12.0 Å². The van der Waals surface area contributed by atoms with Gasteiger partial charge in [-0.2, -0.15) is 0 Å². The summed E-state index contributed by atoms with van der Waals surface area (Å²) in [4.78, 5) is 35.0. The topological polar surface area (TPSA) is 95.4 Å². The van der Waals surface area contributed by atoms with Gasteiger partial charge >= 0.3 is 5.97 Å². The quantitative estimate of drug-likeness (QED) is 0.819. The number of amides is 1. The second kappa shape index (κ2) is 8.06. The average Bonchev–Trinajstić information content (AvgIpc) is 3.16. The highest BCUT2D eigenvalue weighted by Crippen LogP contribution is 2.25. The van der Waals surface area contributed by atoms with Crippen molar-refractivity contribution >= 4 is 29.0 Å². The van der Waals surface area contributed by atoms with Crippen molar-refractivity contribution in [3.8, 4) is 0 Å². The van der Waals surface area contributed by atoms with E-state index in [0.717, 1.165) is 23.8 Å². The number of nitrogens with one attached hydrogen (secondary N) is 1. The zero-order valence-electron chi connectivity index (χ0n) is 13.7. The number of thiophene rings is 1. The van der Waals surface area contributed by atoms with Crippen LogP contribution in [0.4, 0.5) is 5.82 Å². The Balaban J connectivity index is 1.57. The van der Waals surface area contributed by atoms with Gasteiger partial charge in [-0.1, -0.05) is 6.07 Å². The third-order valence-electron chi connectivity index (χ3n) is 4.32. The zero-order chi connectivity index (χ0) is 17.6. The zero-order valence-corrected chi connectivity index (χ0v) is 14.5. The van der Waals surface area contributed by atoms with Crippen LogP contribution in [0.1, 0.15) is 30.2 Å². The predicted octanol–water partition coefficient (Wildman–Crippen LogP) is 2.09. The highest BCUT2D eigenvalue weighted by Gasteiger charge is 2.28. The smallest absolute Gasteiger partial charge is 0.305 e. The van der Waals surface area contributed by atoms with Crippen molar-refractivity contribution in [2.45, 2.75) is 25.3 Å². The number of aromatic nitrogens is 2. The molecule has 0 aromatic carbocycles. The molecule has 1 atom stereocenters. The molecule has 0 aliphatic carbocycles. The number of piperidine rings is 1. The Morgan fingerprint density at radius 1 is 1.36 bits per heavy atom. The van der Waals surface area contributed by atoms with E-state index >= 15 is 0 Å². The molecule has 0 unspecified atom stereocenters. The molecule has 1 saturated heterocycles. The second-order valence-corrected chi connectivity index (χ2v) is 6.98. The molecule has 0 radical (unpaired) electrons. The summed E-state index contributed by atoms with van der Waals surface area (Å²) in [5.74, 6) is -0.275. The lowest BCUT2D eigenvalue weighted by molar-refractivity contribution is -0.138. The highest BCUT2D eigenvalue weighted by molar-refractivity contribution is 7.10. The van der Waals surface area contributed by atoms with Gasteiger partial charge in [-0.15, -0.1) is 11.3 Å². The number of carboxylic acid groups (broad SMARTS) is 1. The Morgan fingerprint density at radius 3 is 2.76 bits per heavy atom. The molecule has 0 saturated carbocycles. The van der Waals surface area contributed by atoms with Crippen molar-refractivity contribution in [2.24, 2.45) is 5.92 Å². The van der Waals surface area contributed by atoms with E-state index in [9.17, 15) is 9.59 Å². The molecular formula is C17H20N4O3S. The van der Waals surface area contributed by atoms with E-state index in [1.807, 2.05) is 17.5 Å². The van der Waals surface area contributed by atoms with Crippen molar-refractivity contribution in [1.82, 2.24) is 15.3 Å². The maximum Gasteiger partial charge on any atom is 0.305 e. The summed E-state index contributed by atoms with van der Waals surface area (Å²) >= 11 is 1.46. The van der Waals surface area contributed by atoms with Crippen molar-refractivity contribution in [2.75, 3.05) is 18.0 Å². The first-order chi connectivity index (χ1) is 12.1. The third kappa shape index (κ3) is 4.54. The molecule has 0 spiro atoms. The molecule has 132 valence electrons. The first-order valence-electron chi connectivity index (χ1n) is 8.20. The van der Waals surface area contributed by atoms with Gasteiger partial charge in [0.15, 0.2) is 0 Å². The minimum Gasteiger partial charge on any atom is -0.481 e. The van der Waals surface area contributed by atoms with Gasteiger partial charge in [-0.25, -0.2) is 4.98 Å². The molecule has 2 N–H and O–H groups in total. The Hall–Kier alpha value is -2.48. The number of carboxylic acids is 1. The standard InChI is InChI=1S/C17H20N4O3S/c22-16(23)10-13(14-2-1-9-25-14)20-17(24)12-3-7-21(8-4-12)15-11-18-5-6-19-15/h1-2,5-6,9,11-13H,3-4,7-8,10H2,(H,20,24)(H,22,23)/t13-/m1/s1. The minimum atomic E-state index is -0.920. The van der Waals surface area contributed by atoms with Crippen LogP contribution in [-0.2, 0) is 9.59 Å².